The lowest BCUT2D eigenvalue weighted by molar-refractivity contribution is -0.138. The van der Waals surface area contributed by atoms with E-state index in [1.807, 2.05) is 0 Å². The molecule has 0 spiro atoms. The van der Waals surface area contributed by atoms with Gasteiger partial charge in [-0.3, -0.25) is 4.79 Å². The van der Waals surface area contributed by atoms with Crippen LogP contribution in [0.15, 0.2) is 48.5 Å². The molecule has 0 radical (unpaired) electrons. The lowest BCUT2D eigenvalue weighted by Crippen LogP contribution is -2.51. The molecule has 1 heterocycles. The number of nitrogens with one attached hydrogen (secondary N) is 1. The van der Waals surface area contributed by atoms with Crippen molar-refractivity contribution in [3.8, 4) is 0 Å². The van der Waals surface area contributed by atoms with Gasteiger partial charge in [0, 0.05) is 5.02 Å². The first-order valence-electron chi connectivity index (χ1n) is 7.20. The lowest BCUT2D eigenvalue weighted by atomic mass is 9.97. The predicted octanol–water partition coefficient (Wildman–Crippen LogP) is 4.23. The lowest BCUT2D eigenvalue weighted by Gasteiger charge is -2.37. The molecule has 1 amide bonds. The number of carbonyl (C=O) groups excluding carboxylic acids is 1. The quantitative estimate of drug-likeness (QED) is 0.894. The van der Waals surface area contributed by atoms with Crippen LogP contribution in [-0.4, -0.2) is 18.6 Å². The van der Waals surface area contributed by atoms with Crippen molar-refractivity contribution in [1.29, 1.82) is 0 Å². The largest absolute Gasteiger partial charge is 0.417 e. The van der Waals surface area contributed by atoms with E-state index in [9.17, 15) is 18.0 Å². The Hall–Kier alpha value is -2.05. The minimum absolute atomic E-state index is 0.243. The van der Waals surface area contributed by atoms with Gasteiger partial charge in [0.2, 0.25) is 0 Å². The fraction of sp³-hybridized carbons (Fsp3) is 0.235. The van der Waals surface area contributed by atoms with Crippen LogP contribution in [-0.2, 0) is 10.9 Å². The van der Waals surface area contributed by atoms with Crippen molar-refractivity contribution < 1.29 is 22.7 Å². The van der Waals surface area contributed by atoms with Gasteiger partial charge in [-0.1, -0.05) is 35.9 Å². The predicted molar refractivity (Wildman–Crippen MR) is 82.8 cm³/mol. The average molecular weight is 356 g/mol. The number of amides is 1. The van der Waals surface area contributed by atoms with Crippen LogP contribution in [0.3, 0.4) is 0 Å². The first kappa shape index (κ1) is 16.8. The van der Waals surface area contributed by atoms with Gasteiger partial charge in [0.1, 0.15) is 6.10 Å². The van der Waals surface area contributed by atoms with Crippen molar-refractivity contribution in [2.75, 3.05) is 6.61 Å². The summed E-state index contributed by atoms with van der Waals surface area (Å²) in [6.07, 6.45) is -4.98. The van der Waals surface area contributed by atoms with E-state index in [0.29, 0.717) is 5.02 Å². The molecule has 1 fully saturated rings. The van der Waals surface area contributed by atoms with Crippen LogP contribution in [0.25, 0.3) is 0 Å². The third kappa shape index (κ3) is 3.39. The normalized spacial score (nSPS) is 20.3. The SMILES string of the molecule is O=C(NC1COC1c1ccc(Cl)cc1)c1ccccc1C(F)(F)F. The van der Waals surface area contributed by atoms with Crippen molar-refractivity contribution in [3.05, 3.63) is 70.2 Å². The van der Waals surface area contributed by atoms with Crippen LogP contribution < -0.4 is 5.32 Å². The van der Waals surface area contributed by atoms with E-state index in [1.165, 1.54) is 12.1 Å². The second-order valence-electron chi connectivity index (χ2n) is 5.43. The van der Waals surface area contributed by atoms with E-state index in [4.69, 9.17) is 16.3 Å². The Morgan fingerprint density at radius 2 is 1.79 bits per heavy atom. The third-order valence-corrected chi connectivity index (χ3v) is 4.06. The summed E-state index contributed by atoms with van der Waals surface area (Å²) in [5.41, 5.74) is -0.544. The standard InChI is InChI=1S/C17H13ClF3NO2/c18-11-7-5-10(6-8-11)15-14(9-24-15)22-16(23)12-3-1-2-4-13(12)17(19,20)21/h1-8,14-15H,9H2,(H,22,23). The zero-order chi connectivity index (χ0) is 17.3. The van der Waals surface area contributed by atoms with Crippen molar-refractivity contribution in [1.82, 2.24) is 5.32 Å². The van der Waals surface area contributed by atoms with Crippen LogP contribution >= 0.6 is 11.6 Å². The molecule has 0 aliphatic carbocycles. The molecule has 24 heavy (non-hydrogen) atoms. The Labute approximate surface area is 141 Å². The summed E-state index contributed by atoms with van der Waals surface area (Å²) in [6, 6.07) is 11.2. The van der Waals surface area contributed by atoms with Gasteiger partial charge in [0.15, 0.2) is 0 Å². The zero-order valence-corrected chi connectivity index (χ0v) is 13.1. The number of benzene rings is 2. The van der Waals surface area contributed by atoms with E-state index in [2.05, 4.69) is 5.32 Å². The van der Waals surface area contributed by atoms with E-state index in [0.717, 1.165) is 17.7 Å². The highest BCUT2D eigenvalue weighted by atomic mass is 35.5. The van der Waals surface area contributed by atoms with Gasteiger partial charge in [-0.2, -0.15) is 13.2 Å². The molecule has 0 saturated carbocycles. The minimum atomic E-state index is -4.58. The summed E-state index contributed by atoms with van der Waals surface area (Å²) in [6.45, 7) is 0.243. The first-order valence-corrected chi connectivity index (χ1v) is 7.58. The Kier molecular flexibility index (Phi) is 4.51. The van der Waals surface area contributed by atoms with Gasteiger partial charge in [0.05, 0.1) is 23.8 Å². The van der Waals surface area contributed by atoms with Gasteiger partial charge in [-0.25, -0.2) is 0 Å². The number of rotatable bonds is 3. The van der Waals surface area contributed by atoms with Gasteiger partial charge < -0.3 is 10.1 Å². The molecule has 1 aliphatic heterocycles. The highest BCUT2D eigenvalue weighted by Crippen LogP contribution is 2.33. The number of hydrogen-bond acceptors (Lipinski definition) is 2. The molecular formula is C17H13ClF3NO2. The monoisotopic (exact) mass is 355 g/mol. The molecule has 3 nitrogen and oxygen atoms in total. The molecule has 0 aromatic heterocycles. The van der Waals surface area contributed by atoms with Crippen molar-refractivity contribution in [2.24, 2.45) is 0 Å². The maximum absolute atomic E-state index is 13.0. The van der Waals surface area contributed by atoms with E-state index in [-0.39, 0.29) is 12.6 Å². The number of halogens is 4. The molecule has 7 heteroatoms. The van der Waals surface area contributed by atoms with E-state index < -0.39 is 29.3 Å². The Morgan fingerprint density at radius 3 is 2.38 bits per heavy atom. The Morgan fingerprint density at radius 1 is 1.12 bits per heavy atom. The first-order chi connectivity index (χ1) is 11.4. The smallest absolute Gasteiger partial charge is 0.369 e. The molecule has 126 valence electrons. The minimum Gasteiger partial charge on any atom is -0.369 e. The van der Waals surface area contributed by atoms with E-state index >= 15 is 0 Å². The highest BCUT2D eigenvalue weighted by molar-refractivity contribution is 6.30. The average Bonchev–Trinajstić information content (AvgIpc) is 2.52. The van der Waals surface area contributed by atoms with Crippen LogP contribution in [0.4, 0.5) is 13.2 Å². The third-order valence-electron chi connectivity index (χ3n) is 3.81. The zero-order valence-electron chi connectivity index (χ0n) is 12.3. The van der Waals surface area contributed by atoms with Gasteiger partial charge in [0.25, 0.3) is 5.91 Å². The second-order valence-corrected chi connectivity index (χ2v) is 5.87. The summed E-state index contributed by atoms with van der Waals surface area (Å²) in [4.78, 5) is 12.3. The summed E-state index contributed by atoms with van der Waals surface area (Å²) in [7, 11) is 0. The number of alkyl halides is 3. The van der Waals surface area contributed by atoms with Gasteiger partial charge in [-0.15, -0.1) is 0 Å². The highest BCUT2D eigenvalue weighted by Gasteiger charge is 2.38. The molecule has 2 aromatic rings. The molecule has 2 unspecified atom stereocenters. The summed E-state index contributed by atoms with van der Waals surface area (Å²) in [5, 5.41) is 3.18. The number of hydrogen-bond donors (Lipinski definition) is 1. The summed E-state index contributed by atoms with van der Waals surface area (Å²) >= 11 is 5.82. The van der Waals surface area contributed by atoms with Crippen LogP contribution in [0.1, 0.15) is 27.6 Å². The maximum Gasteiger partial charge on any atom is 0.417 e. The molecule has 2 atom stereocenters. The molecule has 1 N–H and O–H groups in total. The van der Waals surface area contributed by atoms with Gasteiger partial charge >= 0.3 is 6.18 Å². The fourth-order valence-electron chi connectivity index (χ4n) is 2.56. The maximum atomic E-state index is 13.0. The van der Waals surface area contributed by atoms with Crippen molar-refractivity contribution >= 4 is 17.5 Å². The Bertz CT molecular complexity index is 746. The topological polar surface area (TPSA) is 38.3 Å². The molecule has 0 bridgehead atoms. The molecule has 3 rings (SSSR count). The Balaban J connectivity index is 1.75. The number of ether oxygens (including phenoxy) is 1. The fourth-order valence-corrected chi connectivity index (χ4v) is 2.69. The van der Waals surface area contributed by atoms with Crippen LogP contribution in [0.2, 0.25) is 5.02 Å². The molecular weight excluding hydrogens is 343 g/mol. The molecule has 1 saturated heterocycles. The van der Waals surface area contributed by atoms with Crippen molar-refractivity contribution in [3.63, 3.8) is 0 Å². The molecule has 2 aromatic carbocycles. The molecule has 1 aliphatic rings. The van der Waals surface area contributed by atoms with Crippen LogP contribution in [0.5, 0.6) is 0 Å². The van der Waals surface area contributed by atoms with E-state index in [1.54, 1.807) is 24.3 Å². The van der Waals surface area contributed by atoms with Crippen LogP contribution in [0, 0.1) is 0 Å². The second kappa shape index (κ2) is 6.45. The number of carbonyl (C=O) groups is 1. The van der Waals surface area contributed by atoms with Gasteiger partial charge in [-0.05, 0) is 29.8 Å². The van der Waals surface area contributed by atoms with Crippen molar-refractivity contribution in [2.45, 2.75) is 18.3 Å². The summed E-state index contributed by atoms with van der Waals surface area (Å²) in [5.74, 6) is -0.768. The summed E-state index contributed by atoms with van der Waals surface area (Å²) < 4.78 is 44.4.